The molecule has 0 aromatic heterocycles. The highest BCUT2D eigenvalue weighted by atomic mass is 16.3. The van der Waals surface area contributed by atoms with Crippen LogP contribution < -0.4 is 0 Å². The molecule has 0 unspecified atom stereocenters. The van der Waals surface area contributed by atoms with Crippen molar-refractivity contribution in [1.29, 1.82) is 0 Å². The molecule has 2 N–H and O–H groups in total. The molecule has 0 aliphatic heterocycles. The summed E-state index contributed by atoms with van der Waals surface area (Å²) in [5, 5.41) is 19.0. The molecule has 1 aliphatic rings. The average molecular weight is 383 g/mol. The van der Waals surface area contributed by atoms with Gasteiger partial charge in [0.1, 0.15) is 5.54 Å². The summed E-state index contributed by atoms with van der Waals surface area (Å²) in [5.41, 5.74) is 3.00. The zero-order valence-electron chi connectivity index (χ0n) is 16.7. The Hall–Kier alpha value is -2.21. The number of amides is 1. The van der Waals surface area contributed by atoms with Crippen LogP contribution in [0.15, 0.2) is 54.6 Å². The number of hydrogen-bond acceptors (Lipinski definition) is 4. The number of benzene rings is 2. The lowest BCUT2D eigenvalue weighted by Gasteiger charge is -2.40. The summed E-state index contributed by atoms with van der Waals surface area (Å²) in [6.07, 6.45) is 1.26. The first kappa shape index (κ1) is 20.5. The number of rotatable bonds is 8. The maximum atomic E-state index is 13.5. The number of likely N-dealkylation sites (N-methyl/N-ethyl adjacent to an activating group) is 2. The molecule has 5 heteroatoms. The first-order valence-corrected chi connectivity index (χ1v) is 9.82. The minimum atomic E-state index is -0.926. The summed E-state index contributed by atoms with van der Waals surface area (Å²) < 4.78 is 0. The fraction of sp³-hybridized carbons (Fsp3) is 0.435. The van der Waals surface area contributed by atoms with E-state index in [9.17, 15) is 9.90 Å². The minimum Gasteiger partial charge on any atom is -0.394 e. The molecule has 1 aliphatic carbocycles. The standard InChI is InChI=1S/C23H30N2O3/c1-24(16-21(27)17-26)22(28)23(14-19-10-6-7-11-20(19)15-23)25(2)13-12-18-8-4-3-5-9-18/h3-11,21,26-27H,12-17H2,1-2H3/t21-/m1/s1. The van der Waals surface area contributed by atoms with Gasteiger partial charge in [-0.3, -0.25) is 9.69 Å². The fourth-order valence-electron chi connectivity index (χ4n) is 4.15. The third-order valence-corrected chi connectivity index (χ3v) is 5.83. The molecule has 2 aromatic rings. The van der Waals surface area contributed by atoms with Gasteiger partial charge in [0.15, 0.2) is 0 Å². The predicted octanol–water partition coefficient (Wildman–Crippen LogP) is 1.51. The Bertz CT molecular complexity index is 768. The van der Waals surface area contributed by atoms with Gasteiger partial charge in [-0.15, -0.1) is 0 Å². The number of carbonyl (C=O) groups excluding carboxylic acids is 1. The average Bonchev–Trinajstić information content (AvgIpc) is 3.12. The molecule has 0 bridgehead atoms. The number of aliphatic hydroxyl groups excluding tert-OH is 2. The van der Waals surface area contributed by atoms with Crippen LogP contribution in [0.4, 0.5) is 0 Å². The van der Waals surface area contributed by atoms with Crippen molar-refractivity contribution in [3.63, 3.8) is 0 Å². The van der Waals surface area contributed by atoms with Crippen molar-refractivity contribution < 1.29 is 15.0 Å². The van der Waals surface area contributed by atoms with Crippen LogP contribution in [0.25, 0.3) is 0 Å². The molecule has 2 aromatic carbocycles. The van der Waals surface area contributed by atoms with Gasteiger partial charge in [-0.1, -0.05) is 54.6 Å². The molecule has 1 atom stereocenters. The molecule has 0 heterocycles. The summed E-state index contributed by atoms with van der Waals surface area (Å²) in [4.78, 5) is 17.3. The highest BCUT2D eigenvalue weighted by Gasteiger charge is 2.48. The van der Waals surface area contributed by atoms with Gasteiger partial charge in [0, 0.05) is 33.0 Å². The van der Waals surface area contributed by atoms with E-state index in [-0.39, 0.29) is 19.1 Å². The molecule has 0 saturated carbocycles. The Balaban J connectivity index is 1.82. The van der Waals surface area contributed by atoms with Gasteiger partial charge in [-0.05, 0) is 30.2 Å². The first-order valence-electron chi connectivity index (χ1n) is 9.82. The molecular formula is C23H30N2O3. The topological polar surface area (TPSA) is 64.0 Å². The first-order chi connectivity index (χ1) is 13.5. The van der Waals surface area contributed by atoms with Crippen molar-refractivity contribution >= 4 is 5.91 Å². The lowest BCUT2D eigenvalue weighted by atomic mass is 9.91. The van der Waals surface area contributed by atoms with Crippen molar-refractivity contribution in [2.45, 2.75) is 30.9 Å². The predicted molar refractivity (Wildman–Crippen MR) is 110 cm³/mol. The van der Waals surface area contributed by atoms with Gasteiger partial charge in [-0.25, -0.2) is 0 Å². The molecule has 3 rings (SSSR count). The van der Waals surface area contributed by atoms with Crippen molar-refractivity contribution in [2.24, 2.45) is 0 Å². The molecule has 28 heavy (non-hydrogen) atoms. The largest absolute Gasteiger partial charge is 0.394 e. The Morgan fingerprint density at radius 2 is 1.61 bits per heavy atom. The van der Waals surface area contributed by atoms with Crippen molar-refractivity contribution in [1.82, 2.24) is 9.80 Å². The minimum absolute atomic E-state index is 0.00763. The van der Waals surface area contributed by atoms with Crippen LogP contribution >= 0.6 is 0 Å². The third kappa shape index (κ3) is 4.27. The van der Waals surface area contributed by atoms with Gasteiger partial charge in [0.25, 0.3) is 0 Å². The second-order valence-corrected chi connectivity index (χ2v) is 7.83. The molecule has 0 radical (unpaired) electrons. The normalized spacial score (nSPS) is 16.0. The summed E-state index contributed by atoms with van der Waals surface area (Å²) in [7, 11) is 3.72. The third-order valence-electron chi connectivity index (χ3n) is 5.83. The smallest absolute Gasteiger partial charge is 0.243 e. The van der Waals surface area contributed by atoms with Crippen LogP contribution in [0.2, 0.25) is 0 Å². The van der Waals surface area contributed by atoms with E-state index in [0.29, 0.717) is 12.8 Å². The van der Waals surface area contributed by atoms with E-state index in [1.54, 1.807) is 11.9 Å². The van der Waals surface area contributed by atoms with Crippen LogP contribution in [0.1, 0.15) is 16.7 Å². The van der Waals surface area contributed by atoms with Gasteiger partial charge < -0.3 is 15.1 Å². The van der Waals surface area contributed by atoms with Crippen LogP contribution in [-0.4, -0.2) is 71.4 Å². The lowest BCUT2D eigenvalue weighted by molar-refractivity contribution is -0.143. The summed E-state index contributed by atoms with van der Waals surface area (Å²) in [6.45, 7) is 0.536. The Labute approximate surface area is 167 Å². The molecule has 0 spiro atoms. The van der Waals surface area contributed by atoms with E-state index in [4.69, 9.17) is 5.11 Å². The van der Waals surface area contributed by atoms with E-state index in [0.717, 1.165) is 13.0 Å². The van der Waals surface area contributed by atoms with Crippen molar-refractivity contribution in [3.05, 3.63) is 71.3 Å². The highest BCUT2D eigenvalue weighted by molar-refractivity contribution is 5.88. The van der Waals surface area contributed by atoms with E-state index in [1.807, 2.05) is 37.4 Å². The zero-order chi connectivity index (χ0) is 20.1. The van der Waals surface area contributed by atoms with Crippen LogP contribution in [0.3, 0.4) is 0 Å². The second kappa shape index (κ2) is 8.86. The zero-order valence-corrected chi connectivity index (χ0v) is 16.7. The summed E-state index contributed by atoms with van der Waals surface area (Å²) in [6, 6.07) is 18.5. The highest BCUT2D eigenvalue weighted by Crippen LogP contribution is 2.35. The van der Waals surface area contributed by atoms with E-state index < -0.39 is 11.6 Å². The molecule has 0 fully saturated rings. The molecule has 5 nitrogen and oxygen atoms in total. The molecular weight excluding hydrogens is 352 g/mol. The molecule has 150 valence electrons. The number of aliphatic hydroxyl groups is 2. The molecule has 1 amide bonds. The van der Waals surface area contributed by atoms with E-state index in [1.165, 1.54) is 16.7 Å². The number of fused-ring (bicyclic) bond motifs is 1. The maximum absolute atomic E-state index is 13.5. The maximum Gasteiger partial charge on any atom is 0.243 e. The van der Waals surface area contributed by atoms with E-state index >= 15 is 0 Å². The van der Waals surface area contributed by atoms with Crippen LogP contribution in [-0.2, 0) is 24.1 Å². The van der Waals surface area contributed by atoms with Gasteiger partial charge >= 0.3 is 0 Å². The van der Waals surface area contributed by atoms with E-state index in [2.05, 4.69) is 29.2 Å². The van der Waals surface area contributed by atoms with Gasteiger partial charge in [0.2, 0.25) is 5.91 Å². The van der Waals surface area contributed by atoms with Crippen LogP contribution in [0, 0.1) is 0 Å². The number of carbonyl (C=O) groups is 1. The van der Waals surface area contributed by atoms with Crippen molar-refractivity contribution in [3.8, 4) is 0 Å². The van der Waals surface area contributed by atoms with Crippen LogP contribution in [0.5, 0.6) is 0 Å². The number of hydrogen-bond donors (Lipinski definition) is 2. The number of nitrogens with zero attached hydrogens (tertiary/aromatic N) is 2. The van der Waals surface area contributed by atoms with Gasteiger partial charge in [-0.2, -0.15) is 0 Å². The van der Waals surface area contributed by atoms with Gasteiger partial charge in [0.05, 0.1) is 12.7 Å². The fourth-order valence-corrected chi connectivity index (χ4v) is 4.15. The summed E-state index contributed by atoms with van der Waals surface area (Å²) >= 11 is 0. The Kier molecular flexibility index (Phi) is 6.50. The SMILES string of the molecule is CN(C[C@@H](O)CO)C(=O)C1(N(C)CCc2ccccc2)Cc2ccccc2C1. The second-order valence-electron chi connectivity index (χ2n) is 7.83. The lowest BCUT2D eigenvalue weighted by Crippen LogP contribution is -2.60. The Morgan fingerprint density at radius 3 is 2.18 bits per heavy atom. The Morgan fingerprint density at radius 1 is 1.04 bits per heavy atom. The molecule has 0 saturated heterocycles. The monoisotopic (exact) mass is 382 g/mol. The quantitative estimate of drug-likeness (QED) is 0.727. The van der Waals surface area contributed by atoms with Crippen molar-refractivity contribution in [2.75, 3.05) is 33.8 Å². The summed E-state index contributed by atoms with van der Waals surface area (Å²) in [5.74, 6) is -0.00763.